The van der Waals surface area contributed by atoms with Gasteiger partial charge in [-0.1, -0.05) is 19.9 Å². The van der Waals surface area contributed by atoms with Gasteiger partial charge in [0.1, 0.15) is 12.4 Å². The molecule has 0 atom stereocenters. The Labute approximate surface area is 165 Å². The Balaban J connectivity index is 1.81. The average Bonchev–Trinajstić information content (AvgIpc) is 2.68. The van der Waals surface area contributed by atoms with Crippen molar-refractivity contribution in [3.63, 3.8) is 0 Å². The summed E-state index contributed by atoms with van der Waals surface area (Å²) in [6, 6.07) is 14.4. The van der Waals surface area contributed by atoms with Gasteiger partial charge in [-0.15, -0.1) is 0 Å². The summed E-state index contributed by atoms with van der Waals surface area (Å²) in [6.07, 6.45) is 0. The number of rotatable bonds is 10. The summed E-state index contributed by atoms with van der Waals surface area (Å²) >= 11 is 0. The van der Waals surface area contributed by atoms with E-state index in [-0.39, 0.29) is 24.3 Å². The number of anilines is 3. The summed E-state index contributed by atoms with van der Waals surface area (Å²) in [6.45, 7) is 4.76. The predicted molar refractivity (Wildman–Crippen MR) is 111 cm³/mol. The van der Waals surface area contributed by atoms with Crippen LogP contribution in [0, 0.1) is 5.92 Å². The minimum absolute atomic E-state index is 0.0468. The Morgan fingerprint density at radius 3 is 2.25 bits per heavy atom. The van der Waals surface area contributed by atoms with Gasteiger partial charge in [0.25, 0.3) is 0 Å². The first-order chi connectivity index (χ1) is 13.5. The Kier molecular flexibility index (Phi) is 8.30. The number of amides is 2. The Morgan fingerprint density at radius 2 is 1.61 bits per heavy atom. The van der Waals surface area contributed by atoms with Crippen molar-refractivity contribution in [2.24, 2.45) is 5.92 Å². The quantitative estimate of drug-likeness (QED) is 0.546. The van der Waals surface area contributed by atoms with Gasteiger partial charge >= 0.3 is 0 Å². The van der Waals surface area contributed by atoms with Crippen LogP contribution in [0.15, 0.2) is 48.5 Å². The minimum atomic E-state index is -0.176. The second-order valence-corrected chi connectivity index (χ2v) is 6.49. The van der Waals surface area contributed by atoms with Gasteiger partial charge in [-0.3, -0.25) is 9.59 Å². The van der Waals surface area contributed by atoms with E-state index in [4.69, 9.17) is 9.47 Å². The van der Waals surface area contributed by atoms with Gasteiger partial charge in [0, 0.05) is 36.2 Å². The van der Waals surface area contributed by atoms with Crippen LogP contribution in [0.1, 0.15) is 13.8 Å². The number of nitrogens with one attached hydrogen (secondary N) is 3. The van der Waals surface area contributed by atoms with Crippen molar-refractivity contribution in [2.45, 2.75) is 13.8 Å². The summed E-state index contributed by atoms with van der Waals surface area (Å²) in [4.78, 5) is 23.8. The number of hydrogen-bond acceptors (Lipinski definition) is 5. The molecular formula is C21H27N3O4. The summed E-state index contributed by atoms with van der Waals surface area (Å²) < 4.78 is 10.5. The summed E-state index contributed by atoms with van der Waals surface area (Å²) in [5.41, 5.74) is 2.14. The maximum absolute atomic E-state index is 12.1. The van der Waals surface area contributed by atoms with E-state index in [2.05, 4.69) is 16.0 Å². The largest absolute Gasteiger partial charge is 0.491 e. The maximum atomic E-state index is 12.1. The van der Waals surface area contributed by atoms with E-state index >= 15 is 0 Å². The molecule has 0 spiro atoms. The van der Waals surface area contributed by atoms with Crippen molar-refractivity contribution in [1.29, 1.82) is 0 Å². The monoisotopic (exact) mass is 385 g/mol. The molecule has 0 aliphatic rings. The fraction of sp³-hybridized carbons (Fsp3) is 0.333. The Morgan fingerprint density at radius 1 is 0.929 bits per heavy atom. The first-order valence-corrected chi connectivity index (χ1v) is 9.14. The third-order valence-corrected chi connectivity index (χ3v) is 3.80. The van der Waals surface area contributed by atoms with E-state index in [0.29, 0.717) is 30.3 Å². The van der Waals surface area contributed by atoms with Crippen LogP contribution in [-0.2, 0) is 14.3 Å². The van der Waals surface area contributed by atoms with E-state index < -0.39 is 0 Å². The number of methoxy groups -OCH3 is 1. The van der Waals surface area contributed by atoms with Gasteiger partial charge in [-0.2, -0.15) is 0 Å². The van der Waals surface area contributed by atoms with Gasteiger partial charge in [0.15, 0.2) is 0 Å². The number of carbonyl (C=O) groups excluding carboxylic acids is 2. The fourth-order valence-electron chi connectivity index (χ4n) is 2.25. The minimum Gasteiger partial charge on any atom is -0.491 e. The van der Waals surface area contributed by atoms with Gasteiger partial charge in [0.2, 0.25) is 11.8 Å². The van der Waals surface area contributed by atoms with Crippen LogP contribution in [0.25, 0.3) is 0 Å². The van der Waals surface area contributed by atoms with E-state index in [1.807, 2.05) is 38.1 Å². The molecule has 7 nitrogen and oxygen atoms in total. The summed E-state index contributed by atoms with van der Waals surface area (Å²) in [5.74, 6) is 0.398. The average molecular weight is 385 g/mol. The van der Waals surface area contributed by atoms with Crippen LogP contribution in [0.2, 0.25) is 0 Å². The lowest BCUT2D eigenvalue weighted by Gasteiger charge is -2.11. The molecule has 0 aliphatic carbocycles. The molecule has 2 aromatic carbocycles. The molecule has 2 aromatic rings. The number of benzene rings is 2. The molecule has 0 saturated heterocycles. The molecule has 0 bridgehead atoms. The van der Waals surface area contributed by atoms with Crippen molar-refractivity contribution in [3.05, 3.63) is 48.5 Å². The standard InChI is InChI=1S/C21H27N3O4/c1-15(2)21(26)24-17-9-7-16(8-10-17)23-20(25)14-22-18-5-4-6-19(13-18)28-12-11-27-3/h4-10,13,15,22H,11-12,14H2,1-3H3,(H,23,25)(H,24,26). The lowest BCUT2D eigenvalue weighted by molar-refractivity contribution is -0.119. The van der Waals surface area contributed by atoms with Crippen molar-refractivity contribution in [2.75, 3.05) is 42.8 Å². The lowest BCUT2D eigenvalue weighted by Crippen LogP contribution is -2.22. The topological polar surface area (TPSA) is 88.7 Å². The van der Waals surface area contributed by atoms with Crippen LogP contribution in [0.5, 0.6) is 5.75 Å². The van der Waals surface area contributed by atoms with Crippen LogP contribution >= 0.6 is 0 Å². The highest BCUT2D eigenvalue weighted by Crippen LogP contribution is 2.17. The maximum Gasteiger partial charge on any atom is 0.243 e. The second-order valence-electron chi connectivity index (χ2n) is 6.49. The second kappa shape index (κ2) is 10.9. The van der Waals surface area contributed by atoms with Crippen molar-refractivity contribution >= 4 is 28.9 Å². The highest BCUT2D eigenvalue weighted by Gasteiger charge is 2.07. The van der Waals surface area contributed by atoms with E-state index in [1.165, 1.54) is 0 Å². The highest BCUT2D eigenvalue weighted by atomic mass is 16.5. The Bertz CT molecular complexity index is 775. The molecule has 2 amide bonds. The van der Waals surface area contributed by atoms with Crippen molar-refractivity contribution < 1.29 is 19.1 Å². The number of carbonyl (C=O) groups is 2. The van der Waals surface area contributed by atoms with Crippen LogP contribution < -0.4 is 20.7 Å². The van der Waals surface area contributed by atoms with E-state index in [0.717, 1.165) is 5.69 Å². The zero-order valence-electron chi connectivity index (χ0n) is 16.5. The zero-order chi connectivity index (χ0) is 20.4. The van der Waals surface area contributed by atoms with E-state index in [1.54, 1.807) is 31.4 Å². The van der Waals surface area contributed by atoms with Crippen LogP contribution in [0.3, 0.4) is 0 Å². The normalized spacial score (nSPS) is 10.4. The molecule has 0 unspecified atom stereocenters. The van der Waals surface area contributed by atoms with Crippen LogP contribution in [-0.4, -0.2) is 38.7 Å². The van der Waals surface area contributed by atoms with Gasteiger partial charge in [-0.25, -0.2) is 0 Å². The molecular weight excluding hydrogens is 358 g/mol. The first-order valence-electron chi connectivity index (χ1n) is 9.14. The third kappa shape index (κ3) is 7.28. The van der Waals surface area contributed by atoms with Gasteiger partial charge in [-0.05, 0) is 36.4 Å². The SMILES string of the molecule is COCCOc1cccc(NCC(=O)Nc2ccc(NC(=O)C(C)C)cc2)c1. The molecule has 28 heavy (non-hydrogen) atoms. The lowest BCUT2D eigenvalue weighted by atomic mass is 10.2. The summed E-state index contributed by atoms with van der Waals surface area (Å²) in [5, 5.41) is 8.68. The zero-order valence-corrected chi connectivity index (χ0v) is 16.5. The molecule has 3 N–H and O–H groups in total. The molecule has 0 aliphatic heterocycles. The molecule has 0 heterocycles. The van der Waals surface area contributed by atoms with Crippen molar-refractivity contribution in [3.8, 4) is 5.75 Å². The highest BCUT2D eigenvalue weighted by molar-refractivity contribution is 5.95. The predicted octanol–water partition coefficient (Wildman–Crippen LogP) is 3.36. The fourth-order valence-corrected chi connectivity index (χ4v) is 2.25. The molecule has 0 fully saturated rings. The van der Waals surface area contributed by atoms with Crippen LogP contribution in [0.4, 0.5) is 17.1 Å². The number of hydrogen-bond donors (Lipinski definition) is 3. The number of ether oxygens (including phenoxy) is 2. The molecule has 0 aromatic heterocycles. The van der Waals surface area contributed by atoms with Crippen molar-refractivity contribution in [1.82, 2.24) is 0 Å². The molecule has 2 rings (SSSR count). The van der Waals surface area contributed by atoms with Gasteiger partial charge in [0.05, 0.1) is 13.2 Å². The van der Waals surface area contributed by atoms with E-state index in [9.17, 15) is 9.59 Å². The molecule has 7 heteroatoms. The molecule has 0 radical (unpaired) electrons. The summed E-state index contributed by atoms with van der Waals surface area (Å²) in [7, 11) is 1.62. The Hall–Kier alpha value is -3.06. The molecule has 150 valence electrons. The smallest absolute Gasteiger partial charge is 0.243 e. The molecule has 0 saturated carbocycles. The third-order valence-electron chi connectivity index (χ3n) is 3.80. The first kappa shape index (κ1) is 21.2. The van der Waals surface area contributed by atoms with Gasteiger partial charge < -0.3 is 25.4 Å².